The average Bonchev–Trinajstić information content (AvgIpc) is 3.49. The van der Waals surface area contributed by atoms with Crippen LogP contribution in [0.3, 0.4) is 0 Å². The van der Waals surface area contributed by atoms with Gasteiger partial charge in [0, 0.05) is 4.88 Å². The molecule has 1 N–H and O–H groups in total. The number of esters is 1. The van der Waals surface area contributed by atoms with Crippen molar-refractivity contribution in [1.29, 1.82) is 0 Å². The van der Waals surface area contributed by atoms with Gasteiger partial charge >= 0.3 is 5.97 Å². The fourth-order valence-corrected chi connectivity index (χ4v) is 6.48. The third-order valence-electron chi connectivity index (χ3n) is 6.06. The number of para-hydroxylation sites is 1. The van der Waals surface area contributed by atoms with E-state index in [-0.39, 0.29) is 23.8 Å². The van der Waals surface area contributed by atoms with Gasteiger partial charge < -0.3 is 14.8 Å². The predicted octanol–water partition coefficient (Wildman–Crippen LogP) is 4.85. The monoisotopic (exact) mass is 535 g/mol. The number of hydrogen-bond donors (Lipinski definition) is 1. The first-order valence-electron chi connectivity index (χ1n) is 11.9. The number of aryl methyl sites for hydroxylation is 1. The Balaban J connectivity index is 1.43. The first-order chi connectivity index (χ1) is 18.0. The number of rotatable bonds is 8. The van der Waals surface area contributed by atoms with E-state index in [0.29, 0.717) is 38.1 Å². The molecule has 1 amide bonds. The highest BCUT2D eigenvalue weighted by atomic mass is 32.2. The third-order valence-corrected chi connectivity index (χ3v) is 8.21. The van der Waals surface area contributed by atoms with Gasteiger partial charge in [-0.3, -0.25) is 14.2 Å². The molecule has 0 saturated carbocycles. The minimum atomic E-state index is -0.408. The van der Waals surface area contributed by atoms with Crippen molar-refractivity contribution in [2.45, 2.75) is 31.3 Å². The van der Waals surface area contributed by atoms with Crippen molar-refractivity contribution in [2.75, 3.05) is 24.8 Å². The fourth-order valence-electron chi connectivity index (χ4n) is 4.37. The Labute approximate surface area is 221 Å². The second kappa shape index (κ2) is 10.8. The summed E-state index contributed by atoms with van der Waals surface area (Å²) in [6.07, 6.45) is 2.69. The molecule has 0 aliphatic heterocycles. The van der Waals surface area contributed by atoms with Crippen LogP contribution in [0.4, 0.5) is 5.00 Å². The molecule has 5 rings (SSSR count). The molecular weight excluding hydrogens is 510 g/mol. The van der Waals surface area contributed by atoms with Crippen LogP contribution in [-0.2, 0) is 22.4 Å². The van der Waals surface area contributed by atoms with E-state index in [4.69, 9.17) is 9.47 Å². The highest BCUT2D eigenvalue weighted by molar-refractivity contribution is 7.99. The molecule has 0 spiro atoms. The number of carbonyl (C=O) groups excluding carboxylic acids is 2. The summed E-state index contributed by atoms with van der Waals surface area (Å²) in [5, 5.41) is 4.30. The topological polar surface area (TPSA) is 99.5 Å². The van der Waals surface area contributed by atoms with E-state index in [2.05, 4.69) is 10.3 Å². The molecule has 2 aromatic carbocycles. The molecule has 10 heteroatoms. The number of nitrogens with zero attached hydrogens (tertiary/aromatic N) is 2. The number of carbonyl (C=O) groups is 2. The molecule has 1 aliphatic carbocycles. The zero-order valence-electron chi connectivity index (χ0n) is 20.4. The number of amides is 1. The number of ether oxygens (including phenoxy) is 2. The second-order valence-electron chi connectivity index (χ2n) is 8.37. The van der Waals surface area contributed by atoms with Gasteiger partial charge in [0.25, 0.3) is 5.56 Å². The molecule has 1 aliphatic rings. The van der Waals surface area contributed by atoms with E-state index in [0.717, 1.165) is 41.5 Å². The standard InChI is InChI=1S/C27H25N3O5S2/c1-3-35-26(33)23-19-8-6-10-21(19)37-24(23)29-22(31)15-36-27-28-20-9-5-4-7-18(20)25(32)30(27)16-11-13-17(34-2)14-12-16/h4-5,7,9,11-14H,3,6,8,10,15H2,1-2H3,(H,29,31). The molecule has 190 valence electrons. The fraction of sp³-hybridized carbons (Fsp3) is 0.259. The van der Waals surface area contributed by atoms with E-state index in [9.17, 15) is 14.4 Å². The van der Waals surface area contributed by atoms with Crippen LogP contribution in [-0.4, -0.2) is 40.9 Å². The lowest BCUT2D eigenvalue weighted by Gasteiger charge is -2.14. The maximum absolute atomic E-state index is 13.4. The zero-order valence-corrected chi connectivity index (χ0v) is 22.0. The second-order valence-corrected chi connectivity index (χ2v) is 10.4. The maximum Gasteiger partial charge on any atom is 0.341 e. The van der Waals surface area contributed by atoms with E-state index < -0.39 is 5.97 Å². The van der Waals surface area contributed by atoms with Crippen LogP contribution in [0.2, 0.25) is 0 Å². The van der Waals surface area contributed by atoms with Crippen LogP contribution in [0.1, 0.15) is 34.1 Å². The quantitative estimate of drug-likeness (QED) is 0.196. The van der Waals surface area contributed by atoms with Gasteiger partial charge in [0.2, 0.25) is 5.91 Å². The highest BCUT2D eigenvalue weighted by Crippen LogP contribution is 2.39. The molecule has 0 saturated heterocycles. The molecule has 0 radical (unpaired) electrons. The number of aromatic nitrogens is 2. The summed E-state index contributed by atoms with van der Waals surface area (Å²) in [7, 11) is 1.58. The summed E-state index contributed by atoms with van der Waals surface area (Å²) in [4.78, 5) is 44.9. The number of anilines is 1. The van der Waals surface area contributed by atoms with Crippen molar-refractivity contribution in [1.82, 2.24) is 9.55 Å². The Kier molecular flexibility index (Phi) is 7.29. The average molecular weight is 536 g/mol. The first-order valence-corrected chi connectivity index (χ1v) is 13.7. The third kappa shape index (κ3) is 4.99. The van der Waals surface area contributed by atoms with Gasteiger partial charge in [0.05, 0.1) is 41.6 Å². The molecule has 0 fully saturated rings. The summed E-state index contributed by atoms with van der Waals surface area (Å²) in [6, 6.07) is 14.2. The number of benzene rings is 2. The number of nitrogens with one attached hydrogen (secondary N) is 1. The van der Waals surface area contributed by atoms with Crippen molar-refractivity contribution >= 4 is 50.9 Å². The zero-order chi connectivity index (χ0) is 25.9. The molecule has 2 heterocycles. The molecular formula is C27H25N3O5S2. The van der Waals surface area contributed by atoms with Crippen molar-refractivity contribution < 1.29 is 19.1 Å². The Morgan fingerprint density at radius 2 is 1.92 bits per heavy atom. The SMILES string of the molecule is CCOC(=O)c1c(NC(=O)CSc2nc3ccccc3c(=O)n2-c2ccc(OC)cc2)sc2c1CCC2. The number of hydrogen-bond acceptors (Lipinski definition) is 8. The predicted molar refractivity (Wildman–Crippen MR) is 146 cm³/mol. The molecule has 0 unspecified atom stereocenters. The van der Waals surface area contributed by atoms with Gasteiger partial charge in [0.15, 0.2) is 5.16 Å². The van der Waals surface area contributed by atoms with Crippen molar-refractivity contribution in [3.63, 3.8) is 0 Å². The van der Waals surface area contributed by atoms with Crippen molar-refractivity contribution in [3.05, 3.63) is 74.9 Å². The van der Waals surface area contributed by atoms with Crippen LogP contribution >= 0.6 is 23.1 Å². The van der Waals surface area contributed by atoms with Crippen molar-refractivity contribution in [2.24, 2.45) is 0 Å². The maximum atomic E-state index is 13.4. The lowest BCUT2D eigenvalue weighted by Crippen LogP contribution is -2.23. The number of fused-ring (bicyclic) bond motifs is 2. The van der Waals surface area contributed by atoms with Gasteiger partial charge in [-0.1, -0.05) is 23.9 Å². The van der Waals surface area contributed by atoms with Gasteiger partial charge in [-0.15, -0.1) is 11.3 Å². The van der Waals surface area contributed by atoms with E-state index in [1.165, 1.54) is 15.9 Å². The molecule has 8 nitrogen and oxygen atoms in total. The summed E-state index contributed by atoms with van der Waals surface area (Å²) < 4.78 is 12.0. The summed E-state index contributed by atoms with van der Waals surface area (Å²) in [5.74, 6) is -0.0286. The van der Waals surface area contributed by atoms with Gasteiger partial charge in [0.1, 0.15) is 10.8 Å². The first kappa shape index (κ1) is 25.0. The molecule has 0 atom stereocenters. The summed E-state index contributed by atoms with van der Waals surface area (Å²) >= 11 is 2.60. The van der Waals surface area contributed by atoms with Crippen LogP contribution in [0.15, 0.2) is 58.5 Å². The van der Waals surface area contributed by atoms with E-state index >= 15 is 0 Å². The van der Waals surface area contributed by atoms with Gasteiger partial charge in [-0.25, -0.2) is 9.78 Å². The minimum Gasteiger partial charge on any atom is -0.497 e. The van der Waals surface area contributed by atoms with Crippen LogP contribution in [0.5, 0.6) is 5.75 Å². The Morgan fingerprint density at radius 1 is 1.14 bits per heavy atom. The van der Waals surface area contributed by atoms with E-state index in [1.807, 2.05) is 6.07 Å². The van der Waals surface area contributed by atoms with Crippen LogP contribution in [0, 0.1) is 0 Å². The summed E-state index contributed by atoms with van der Waals surface area (Å²) in [5.41, 5.74) is 2.40. The molecule has 0 bridgehead atoms. The van der Waals surface area contributed by atoms with Gasteiger partial charge in [-0.05, 0) is 68.1 Å². The van der Waals surface area contributed by atoms with Crippen LogP contribution in [0.25, 0.3) is 16.6 Å². The smallest absolute Gasteiger partial charge is 0.341 e. The number of thiophene rings is 1. The Hall–Kier alpha value is -3.63. The van der Waals surface area contributed by atoms with E-state index in [1.54, 1.807) is 56.5 Å². The number of thioether (sulfide) groups is 1. The van der Waals surface area contributed by atoms with Crippen molar-refractivity contribution in [3.8, 4) is 11.4 Å². The minimum absolute atomic E-state index is 0.00572. The normalized spacial score (nSPS) is 12.4. The molecule has 37 heavy (non-hydrogen) atoms. The largest absolute Gasteiger partial charge is 0.497 e. The number of methoxy groups -OCH3 is 1. The molecule has 2 aromatic heterocycles. The lowest BCUT2D eigenvalue weighted by atomic mass is 10.1. The van der Waals surface area contributed by atoms with Crippen LogP contribution < -0.4 is 15.6 Å². The molecule has 4 aromatic rings. The Morgan fingerprint density at radius 3 is 2.68 bits per heavy atom. The highest BCUT2D eigenvalue weighted by Gasteiger charge is 2.28. The summed E-state index contributed by atoms with van der Waals surface area (Å²) in [6.45, 7) is 2.03. The lowest BCUT2D eigenvalue weighted by molar-refractivity contribution is -0.113. The van der Waals surface area contributed by atoms with Gasteiger partial charge in [-0.2, -0.15) is 0 Å². The Bertz CT molecular complexity index is 1540.